The molecule has 0 aliphatic heterocycles. The number of rotatable bonds is 9. The van der Waals surface area contributed by atoms with Gasteiger partial charge in [0.15, 0.2) is 0 Å². The number of carbonyl (C=O) groups excluding carboxylic acids is 1. The lowest BCUT2D eigenvalue weighted by molar-refractivity contribution is -0.122. The second kappa shape index (κ2) is 10.2. The monoisotopic (exact) mass is 321 g/mol. The molecule has 0 aromatic heterocycles. The molecule has 0 saturated heterocycles. The minimum absolute atomic E-state index is 0.0331. The molecule has 4 heteroatoms. The van der Waals surface area contributed by atoms with Gasteiger partial charge in [-0.2, -0.15) is 5.26 Å². The summed E-state index contributed by atoms with van der Waals surface area (Å²) in [5.74, 6) is -0.0331. The van der Waals surface area contributed by atoms with Crippen LogP contribution in [0.25, 0.3) is 0 Å². The highest BCUT2D eigenvalue weighted by atomic mass is 16.2. The van der Waals surface area contributed by atoms with Gasteiger partial charge in [0.1, 0.15) is 0 Å². The fourth-order valence-corrected chi connectivity index (χ4v) is 2.53. The third-order valence-corrected chi connectivity index (χ3v) is 3.72. The number of aryl methyl sites for hydroxylation is 1. The first-order valence-corrected chi connectivity index (χ1v) is 8.22. The van der Waals surface area contributed by atoms with Crippen LogP contribution in [0.1, 0.15) is 17.5 Å². The van der Waals surface area contributed by atoms with E-state index < -0.39 is 0 Å². The molecule has 0 aliphatic carbocycles. The van der Waals surface area contributed by atoms with Gasteiger partial charge in [-0.25, -0.2) is 0 Å². The topological polar surface area (TPSA) is 56.1 Å². The summed E-state index contributed by atoms with van der Waals surface area (Å²) in [6, 6.07) is 22.3. The molecule has 0 aliphatic rings. The second-order valence-electron chi connectivity index (χ2n) is 5.73. The maximum atomic E-state index is 12.1. The molecule has 2 aromatic carbocycles. The number of amides is 1. The second-order valence-corrected chi connectivity index (χ2v) is 5.73. The number of nitriles is 1. The Labute approximate surface area is 143 Å². The molecular weight excluding hydrogens is 298 g/mol. The summed E-state index contributed by atoms with van der Waals surface area (Å²) in [7, 11) is 0. The fourth-order valence-electron chi connectivity index (χ4n) is 2.53. The van der Waals surface area contributed by atoms with E-state index in [-0.39, 0.29) is 19.0 Å². The highest BCUT2D eigenvalue weighted by Crippen LogP contribution is 2.04. The minimum Gasteiger partial charge on any atom is -0.355 e. The molecule has 2 rings (SSSR count). The van der Waals surface area contributed by atoms with Crippen molar-refractivity contribution in [2.24, 2.45) is 0 Å². The molecule has 0 bridgehead atoms. The van der Waals surface area contributed by atoms with Gasteiger partial charge in [-0.05, 0) is 24.0 Å². The van der Waals surface area contributed by atoms with E-state index in [2.05, 4.69) is 23.5 Å². The lowest BCUT2D eigenvalue weighted by Crippen LogP contribution is -2.37. The van der Waals surface area contributed by atoms with Crippen molar-refractivity contribution >= 4 is 5.91 Å². The number of nitrogens with zero attached hydrogens (tertiary/aromatic N) is 2. The molecule has 124 valence electrons. The Morgan fingerprint density at radius 1 is 1.00 bits per heavy atom. The summed E-state index contributed by atoms with van der Waals surface area (Å²) in [6.07, 6.45) is 1.86. The zero-order valence-corrected chi connectivity index (χ0v) is 13.8. The molecule has 1 N–H and O–H groups in total. The van der Waals surface area contributed by atoms with E-state index >= 15 is 0 Å². The first-order valence-electron chi connectivity index (χ1n) is 8.22. The Kier molecular flexibility index (Phi) is 7.52. The molecule has 0 saturated carbocycles. The van der Waals surface area contributed by atoms with Crippen LogP contribution in [0.3, 0.4) is 0 Å². The van der Waals surface area contributed by atoms with Crippen molar-refractivity contribution in [2.75, 3.05) is 19.6 Å². The van der Waals surface area contributed by atoms with Gasteiger partial charge in [-0.3, -0.25) is 9.69 Å². The zero-order chi connectivity index (χ0) is 17.0. The summed E-state index contributed by atoms with van der Waals surface area (Å²) < 4.78 is 0. The Balaban J connectivity index is 1.71. The maximum Gasteiger partial charge on any atom is 0.234 e. The lowest BCUT2D eigenvalue weighted by atomic mass is 10.1. The van der Waals surface area contributed by atoms with Crippen LogP contribution in [-0.2, 0) is 17.8 Å². The normalized spacial score (nSPS) is 10.3. The number of benzene rings is 2. The van der Waals surface area contributed by atoms with Gasteiger partial charge >= 0.3 is 0 Å². The van der Waals surface area contributed by atoms with Crippen molar-refractivity contribution in [3.05, 3.63) is 71.8 Å². The van der Waals surface area contributed by atoms with Crippen molar-refractivity contribution in [1.82, 2.24) is 10.2 Å². The van der Waals surface area contributed by atoms with Crippen LogP contribution in [0.15, 0.2) is 60.7 Å². The number of nitrogens with one attached hydrogen (secondary N) is 1. The summed E-state index contributed by atoms with van der Waals surface area (Å²) in [4.78, 5) is 13.9. The van der Waals surface area contributed by atoms with E-state index in [0.29, 0.717) is 13.1 Å². The number of hydrogen-bond donors (Lipinski definition) is 1. The first-order chi connectivity index (χ1) is 11.8. The summed E-state index contributed by atoms with van der Waals surface area (Å²) in [5.41, 5.74) is 2.38. The van der Waals surface area contributed by atoms with Gasteiger partial charge in [0.25, 0.3) is 0 Å². The summed E-state index contributed by atoms with van der Waals surface area (Å²) in [6.45, 7) is 1.74. The van der Waals surface area contributed by atoms with E-state index in [1.165, 1.54) is 5.56 Å². The summed E-state index contributed by atoms with van der Waals surface area (Å²) in [5, 5.41) is 11.9. The maximum absolute atomic E-state index is 12.1. The van der Waals surface area contributed by atoms with Crippen LogP contribution < -0.4 is 5.32 Å². The van der Waals surface area contributed by atoms with Gasteiger partial charge in [-0.15, -0.1) is 0 Å². The summed E-state index contributed by atoms with van der Waals surface area (Å²) >= 11 is 0. The molecule has 24 heavy (non-hydrogen) atoms. The third-order valence-electron chi connectivity index (χ3n) is 3.72. The van der Waals surface area contributed by atoms with Crippen LogP contribution in [0.2, 0.25) is 0 Å². The quantitative estimate of drug-likeness (QED) is 0.571. The molecule has 2 aromatic rings. The average Bonchev–Trinajstić information content (AvgIpc) is 2.61. The molecular formula is C20H23N3O. The van der Waals surface area contributed by atoms with Gasteiger partial charge in [0, 0.05) is 13.1 Å². The van der Waals surface area contributed by atoms with Gasteiger partial charge in [0.2, 0.25) is 5.91 Å². The smallest absolute Gasteiger partial charge is 0.234 e. The fraction of sp³-hybridized carbons (Fsp3) is 0.300. The van der Waals surface area contributed by atoms with Crippen molar-refractivity contribution < 1.29 is 4.79 Å². The van der Waals surface area contributed by atoms with Crippen LogP contribution in [0, 0.1) is 11.3 Å². The molecule has 4 nitrogen and oxygen atoms in total. The average molecular weight is 321 g/mol. The van der Waals surface area contributed by atoms with E-state index in [9.17, 15) is 4.79 Å². The molecule has 0 fully saturated rings. The van der Waals surface area contributed by atoms with E-state index in [1.807, 2.05) is 53.4 Å². The van der Waals surface area contributed by atoms with Crippen LogP contribution in [0.4, 0.5) is 0 Å². The van der Waals surface area contributed by atoms with Crippen LogP contribution >= 0.6 is 0 Å². The molecule has 1 amide bonds. The lowest BCUT2D eigenvalue weighted by Gasteiger charge is -2.18. The van der Waals surface area contributed by atoms with Crippen molar-refractivity contribution in [3.63, 3.8) is 0 Å². The minimum atomic E-state index is -0.0331. The predicted octanol–water partition coefficient (Wildman–Crippen LogP) is 2.76. The van der Waals surface area contributed by atoms with E-state index in [1.54, 1.807) is 0 Å². The van der Waals surface area contributed by atoms with E-state index in [0.717, 1.165) is 18.4 Å². The Morgan fingerprint density at radius 3 is 2.25 bits per heavy atom. The standard InChI is InChI=1S/C20H23N3O/c21-13-15-23(16-19-10-5-2-6-11-19)17-20(24)22-14-7-12-18-8-3-1-4-9-18/h1-6,8-11H,7,12,14-17H2,(H,22,24). The van der Waals surface area contributed by atoms with Crippen molar-refractivity contribution in [2.45, 2.75) is 19.4 Å². The highest BCUT2D eigenvalue weighted by molar-refractivity contribution is 5.78. The van der Waals surface area contributed by atoms with Crippen LogP contribution in [0.5, 0.6) is 0 Å². The zero-order valence-electron chi connectivity index (χ0n) is 13.8. The largest absolute Gasteiger partial charge is 0.355 e. The Hall–Kier alpha value is -2.64. The van der Waals surface area contributed by atoms with E-state index in [4.69, 9.17) is 5.26 Å². The molecule has 0 atom stereocenters. The molecule has 0 unspecified atom stereocenters. The Bertz CT molecular complexity index is 650. The number of carbonyl (C=O) groups is 1. The molecule has 0 radical (unpaired) electrons. The van der Waals surface area contributed by atoms with Gasteiger partial charge in [-0.1, -0.05) is 60.7 Å². The Morgan fingerprint density at radius 2 is 1.62 bits per heavy atom. The number of hydrogen-bond acceptors (Lipinski definition) is 3. The van der Waals surface area contributed by atoms with Gasteiger partial charge < -0.3 is 5.32 Å². The van der Waals surface area contributed by atoms with Gasteiger partial charge in [0.05, 0.1) is 19.2 Å². The van der Waals surface area contributed by atoms with Crippen molar-refractivity contribution in [3.8, 4) is 6.07 Å². The molecule has 0 spiro atoms. The van der Waals surface area contributed by atoms with Crippen molar-refractivity contribution in [1.29, 1.82) is 5.26 Å². The predicted molar refractivity (Wildman–Crippen MR) is 95.1 cm³/mol. The first kappa shape index (κ1) is 17.7. The third kappa shape index (κ3) is 6.64. The van der Waals surface area contributed by atoms with Crippen LogP contribution in [-0.4, -0.2) is 30.4 Å². The molecule has 0 heterocycles. The highest BCUT2D eigenvalue weighted by Gasteiger charge is 2.10. The SMILES string of the molecule is N#CCN(CC(=O)NCCCc1ccccc1)Cc1ccccc1.